The first-order valence-corrected chi connectivity index (χ1v) is 11.0. The van der Waals surface area contributed by atoms with E-state index in [0.29, 0.717) is 29.6 Å². The molecule has 0 saturated carbocycles. The molecular weight excluding hydrogens is 414 g/mol. The van der Waals surface area contributed by atoms with Gasteiger partial charge in [-0.25, -0.2) is 4.98 Å². The minimum Gasteiger partial charge on any atom is -0.454 e. The van der Waals surface area contributed by atoms with E-state index >= 15 is 0 Å². The largest absolute Gasteiger partial charge is 0.454 e. The van der Waals surface area contributed by atoms with Crippen molar-refractivity contribution in [3.63, 3.8) is 0 Å². The topological polar surface area (TPSA) is 72.5 Å². The Morgan fingerprint density at radius 1 is 0.970 bits per heavy atom. The average Bonchev–Trinajstić information content (AvgIpc) is 3.30. The second-order valence-corrected chi connectivity index (χ2v) is 8.34. The van der Waals surface area contributed by atoms with Crippen LogP contribution >= 0.6 is 0 Å². The molecule has 1 aliphatic heterocycles. The summed E-state index contributed by atoms with van der Waals surface area (Å²) in [6.07, 6.45) is 0. The van der Waals surface area contributed by atoms with Crippen molar-refractivity contribution in [2.75, 3.05) is 12.1 Å². The fourth-order valence-corrected chi connectivity index (χ4v) is 3.86. The predicted molar refractivity (Wildman–Crippen MR) is 129 cm³/mol. The Morgan fingerprint density at radius 3 is 2.58 bits per heavy atom. The van der Waals surface area contributed by atoms with Crippen LogP contribution in [0.15, 0.2) is 72.8 Å². The van der Waals surface area contributed by atoms with E-state index in [4.69, 9.17) is 14.5 Å². The van der Waals surface area contributed by atoms with Gasteiger partial charge in [0.1, 0.15) is 5.82 Å². The van der Waals surface area contributed by atoms with Crippen molar-refractivity contribution >= 4 is 28.3 Å². The van der Waals surface area contributed by atoms with Gasteiger partial charge in [-0.2, -0.15) is 0 Å². The molecule has 3 aromatic carbocycles. The first kappa shape index (κ1) is 20.8. The van der Waals surface area contributed by atoms with Crippen LogP contribution in [-0.2, 0) is 6.54 Å². The molecule has 0 fully saturated rings. The van der Waals surface area contributed by atoms with E-state index in [1.54, 1.807) is 6.07 Å². The summed E-state index contributed by atoms with van der Waals surface area (Å²) < 4.78 is 10.8. The number of anilines is 2. The van der Waals surface area contributed by atoms with Crippen LogP contribution in [0.4, 0.5) is 11.5 Å². The average molecular weight is 440 g/mol. The number of benzene rings is 3. The van der Waals surface area contributed by atoms with E-state index in [0.717, 1.165) is 27.9 Å². The lowest BCUT2D eigenvalue weighted by atomic mass is 10.0. The second-order valence-electron chi connectivity index (χ2n) is 8.34. The zero-order valence-electron chi connectivity index (χ0n) is 18.6. The van der Waals surface area contributed by atoms with Gasteiger partial charge in [0.05, 0.1) is 11.1 Å². The van der Waals surface area contributed by atoms with E-state index in [1.807, 2.05) is 54.6 Å². The summed E-state index contributed by atoms with van der Waals surface area (Å²) in [6, 6.07) is 23.4. The molecule has 0 atom stereocenters. The number of carbonyl (C=O) groups excluding carboxylic acids is 1. The molecule has 0 saturated heterocycles. The molecule has 2 N–H and O–H groups in total. The number of nitrogens with zero attached hydrogens (tertiary/aromatic N) is 1. The number of fused-ring (bicyclic) bond motifs is 2. The van der Waals surface area contributed by atoms with Crippen LogP contribution in [0.1, 0.15) is 41.3 Å². The molecule has 0 radical (unpaired) electrons. The first-order chi connectivity index (χ1) is 16.1. The highest BCUT2D eigenvalue weighted by Gasteiger charge is 2.16. The highest BCUT2D eigenvalue weighted by Crippen LogP contribution is 2.32. The molecule has 0 unspecified atom stereocenters. The summed E-state index contributed by atoms with van der Waals surface area (Å²) in [7, 11) is 0. The Kier molecular flexibility index (Phi) is 5.57. The van der Waals surface area contributed by atoms with Crippen LogP contribution in [-0.4, -0.2) is 17.7 Å². The number of amides is 1. The van der Waals surface area contributed by atoms with E-state index in [9.17, 15) is 4.79 Å². The normalized spacial score (nSPS) is 12.2. The number of para-hydroxylation sites is 1. The maximum Gasteiger partial charge on any atom is 0.252 e. The Hall–Kier alpha value is -4.06. The van der Waals surface area contributed by atoms with Gasteiger partial charge in [0.2, 0.25) is 6.79 Å². The van der Waals surface area contributed by atoms with Gasteiger partial charge in [-0.1, -0.05) is 50.2 Å². The van der Waals surface area contributed by atoms with Gasteiger partial charge in [-0.15, -0.1) is 0 Å². The molecule has 4 aromatic rings. The van der Waals surface area contributed by atoms with Crippen LogP contribution in [0.5, 0.6) is 11.5 Å². The lowest BCUT2D eigenvalue weighted by Crippen LogP contribution is -2.23. The SMILES string of the molecule is CC(C)c1ccc(Nc2cc(C(=O)NCc3ccc4c(c3)OCO4)c3ccccc3n2)cc1. The summed E-state index contributed by atoms with van der Waals surface area (Å²) in [5.74, 6) is 2.36. The van der Waals surface area contributed by atoms with Gasteiger partial charge in [0, 0.05) is 17.6 Å². The van der Waals surface area contributed by atoms with Gasteiger partial charge in [0.25, 0.3) is 5.91 Å². The minimum atomic E-state index is -0.163. The molecule has 5 rings (SSSR count). The molecule has 2 heterocycles. The van der Waals surface area contributed by atoms with E-state index in [1.165, 1.54) is 5.56 Å². The second kappa shape index (κ2) is 8.82. The van der Waals surface area contributed by atoms with Crippen molar-refractivity contribution in [1.82, 2.24) is 10.3 Å². The van der Waals surface area contributed by atoms with Crippen LogP contribution < -0.4 is 20.1 Å². The van der Waals surface area contributed by atoms with E-state index in [2.05, 4.69) is 36.6 Å². The summed E-state index contributed by atoms with van der Waals surface area (Å²) in [4.78, 5) is 17.9. The molecule has 6 nitrogen and oxygen atoms in total. The van der Waals surface area contributed by atoms with Gasteiger partial charge in [-0.3, -0.25) is 4.79 Å². The highest BCUT2D eigenvalue weighted by molar-refractivity contribution is 6.07. The summed E-state index contributed by atoms with van der Waals surface area (Å²) in [5, 5.41) is 7.16. The lowest BCUT2D eigenvalue weighted by Gasteiger charge is -2.13. The molecule has 1 aromatic heterocycles. The summed E-state index contributed by atoms with van der Waals surface area (Å²) in [6.45, 7) is 4.94. The Labute approximate surface area is 192 Å². The number of rotatable bonds is 6. The van der Waals surface area contributed by atoms with Crippen molar-refractivity contribution in [2.24, 2.45) is 0 Å². The fraction of sp³-hybridized carbons (Fsp3) is 0.185. The third-order valence-electron chi connectivity index (χ3n) is 5.70. The third kappa shape index (κ3) is 4.46. The zero-order valence-corrected chi connectivity index (χ0v) is 18.6. The lowest BCUT2D eigenvalue weighted by molar-refractivity contribution is 0.0952. The van der Waals surface area contributed by atoms with Crippen LogP contribution in [0.25, 0.3) is 10.9 Å². The number of nitrogens with one attached hydrogen (secondary N) is 2. The Bertz CT molecular complexity index is 1320. The highest BCUT2D eigenvalue weighted by atomic mass is 16.7. The number of carbonyl (C=O) groups is 1. The number of pyridine rings is 1. The molecule has 166 valence electrons. The third-order valence-corrected chi connectivity index (χ3v) is 5.70. The van der Waals surface area contributed by atoms with E-state index in [-0.39, 0.29) is 12.7 Å². The number of hydrogen-bond donors (Lipinski definition) is 2. The number of hydrogen-bond acceptors (Lipinski definition) is 5. The number of aromatic nitrogens is 1. The quantitative estimate of drug-likeness (QED) is 0.400. The van der Waals surface area contributed by atoms with Crippen LogP contribution in [0.3, 0.4) is 0 Å². The standard InChI is InChI=1S/C27H25N3O3/c1-17(2)19-8-10-20(11-9-19)29-26-14-22(21-5-3-4-6-23(21)30-26)27(31)28-15-18-7-12-24-25(13-18)33-16-32-24/h3-14,17H,15-16H2,1-2H3,(H,28,31)(H,29,30). The van der Waals surface area contributed by atoms with Gasteiger partial charge >= 0.3 is 0 Å². The molecular formula is C27H25N3O3. The Morgan fingerprint density at radius 2 is 1.76 bits per heavy atom. The van der Waals surface area contributed by atoms with Crippen molar-refractivity contribution < 1.29 is 14.3 Å². The van der Waals surface area contributed by atoms with Gasteiger partial charge < -0.3 is 20.1 Å². The maximum atomic E-state index is 13.2. The summed E-state index contributed by atoms with van der Waals surface area (Å²) in [5.41, 5.74) is 4.47. The maximum absolute atomic E-state index is 13.2. The number of ether oxygens (including phenoxy) is 2. The smallest absolute Gasteiger partial charge is 0.252 e. The van der Waals surface area contributed by atoms with Crippen LogP contribution in [0, 0.1) is 0 Å². The molecule has 33 heavy (non-hydrogen) atoms. The van der Waals surface area contributed by atoms with Crippen molar-refractivity contribution in [3.8, 4) is 11.5 Å². The van der Waals surface area contributed by atoms with Crippen molar-refractivity contribution in [1.29, 1.82) is 0 Å². The summed E-state index contributed by atoms with van der Waals surface area (Å²) >= 11 is 0. The molecule has 0 aliphatic carbocycles. The monoisotopic (exact) mass is 439 g/mol. The molecule has 6 heteroatoms. The fourth-order valence-electron chi connectivity index (χ4n) is 3.86. The zero-order chi connectivity index (χ0) is 22.8. The van der Waals surface area contributed by atoms with E-state index < -0.39 is 0 Å². The Balaban J connectivity index is 1.38. The molecule has 1 amide bonds. The first-order valence-electron chi connectivity index (χ1n) is 11.0. The minimum absolute atomic E-state index is 0.163. The molecule has 1 aliphatic rings. The van der Waals surface area contributed by atoms with Gasteiger partial charge in [-0.05, 0) is 53.4 Å². The molecule has 0 bridgehead atoms. The van der Waals surface area contributed by atoms with Gasteiger partial charge in [0.15, 0.2) is 11.5 Å². The van der Waals surface area contributed by atoms with Crippen molar-refractivity contribution in [2.45, 2.75) is 26.3 Å². The van der Waals surface area contributed by atoms with Crippen molar-refractivity contribution in [3.05, 3.63) is 89.5 Å². The molecule has 0 spiro atoms. The predicted octanol–water partition coefficient (Wildman–Crippen LogP) is 5.76. The van der Waals surface area contributed by atoms with Crippen LogP contribution in [0.2, 0.25) is 0 Å².